The van der Waals surface area contributed by atoms with E-state index in [0.717, 1.165) is 50.6 Å². The molecule has 0 aromatic heterocycles. The topological polar surface area (TPSA) is 443 Å². The fourth-order valence-electron chi connectivity index (χ4n) is 7.45. The number of amides is 9. The van der Waals surface area contributed by atoms with Crippen LogP contribution in [0.25, 0.3) is 0 Å². The molecule has 76 heavy (non-hydrogen) atoms. The molecular formula is C47H81N11O17S. The molecule has 0 saturated carbocycles. The number of cyclic esters (lactones) is 1. The summed E-state index contributed by atoms with van der Waals surface area (Å²) in [6.45, 7) is 6.12. The second kappa shape index (κ2) is 34.5. The van der Waals surface area contributed by atoms with E-state index < -0.39 is 174 Å². The number of nitrogens with zero attached hydrogens (tertiary/aromatic N) is 1. The number of carbonyl (C=O) groups is 11. The van der Waals surface area contributed by atoms with Crippen LogP contribution in [0.1, 0.15) is 112 Å². The zero-order valence-corrected chi connectivity index (χ0v) is 45.3. The van der Waals surface area contributed by atoms with E-state index in [1.54, 1.807) is 0 Å². The number of nitrogens with one attached hydrogen (secondary N) is 8. The minimum absolute atomic E-state index is 0.00562. The first-order valence-corrected chi connectivity index (χ1v) is 26.9. The molecule has 28 nitrogen and oxygen atoms in total. The molecule has 1 aliphatic rings. The number of nitrogens with two attached hydrogens (primary N) is 2. The Bertz CT molecular complexity index is 2160. The largest absolute Gasteiger partial charge is 0.459 e. The van der Waals surface area contributed by atoms with Gasteiger partial charge in [0.25, 0.3) is 16.0 Å². The molecule has 0 radical (unpaired) electrons. The Kier molecular flexibility index (Phi) is 30.8. The van der Waals surface area contributed by atoms with E-state index in [9.17, 15) is 75.9 Å². The summed E-state index contributed by atoms with van der Waals surface area (Å²) in [6.07, 6.45) is 4.11. The summed E-state index contributed by atoms with van der Waals surface area (Å²) in [6, 6.07) is -12.6. The number of hydrogen-bond donors (Lipinski definition) is 13. The van der Waals surface area contributed by atoms with Crippen molar-refractivity contribution in [3.8, 4) is 0 Å². The predicted molar refractivity (Wildman–Crippen MR) is 273 cm³/mol. The number of hydrogen-bond acceptors (Lipinski definition) is 18. The zero-order valence-electron chi connectivity index (χ0n) is 44.4. The number of aliphatic hydroxyl groups excluding tert-OH is 2. The average Bonchev–Trinajstić information content (AvgIpc) is 3.35. The lowest BCUT2D eigenvalue weighted by Gasteiger charge is -2.29. The maximum Gasteiger partial charge on any atom is 0.325 e. The van der Waals surface area contributed by atoms with Crippen molar-refractivity contribution in [2.75, 3.05) is 45.6 Å². The number of rotatable bonds is 23. The molecule has 9 atom stereocenters. The zero-order chi connectivity index (χ0) is 57.9. The fourth-order valence-corrected chi connectivity index (χ4v) is 8.11. The van der Waals surface area contributed by atoms with Crippen LogP contribution in [0.4, 0.5) is 0 Å². The van der Waals surface area contributed by atoms with Gasteiger partial charge in [-0.25, -0.2) is 0 Å². The molecule has 0 aromatic carbocycles. The van der Waals surface area contributed by atoms with Gasteiger partial charge in [0, 0.05) is 20.0 Å². The molecule has 1 aliphatic heterocycles. The summed E-state index contributed by atoms with van der Waals surface area (Å²) in [5, 5.41) is 38.4. The third-order valence-corrected chi connectivity index (χ3v) is 12.9. The first-order chi connectivity index (χ1) is 35.7. The van der Waals surface area contributed by atoms with Crippen LogP contribution in [0.2, 0.25) is 0 Å². The first kappa shape index (κ1) is 67.9. The highest BCUT2D eigenvalue weighted by molar-refractivity contribution is 7.85. The van der Waals surface area contributed by atoms with Crippen molar-refractivity contribution in [1.82, 2.24) is 47.4 Å². The van der Waals surface area contributed by atoms with Crippen molar-refractivity contribution in [1.29, 1.82) is 0 Å². The smallest absolute Gasteiger partial charge is 0.325 e. The maximum absolute atomic E-state index is 14.1. The van der Waals surface area contributed by atoms with Gasteiger partial charge < -0.3 is 73.9 Å². The number of aliphatic hydroxyl groups is 2. The molecule has 1 rings (SSSR count). The predicted octanol–water partition coefficient (Wildman–Crippen LogP) is -4.23. The van der Waals surface area contributed by atoms with Crippen molar-refractivity contribution in [3.63, 3.8) is 0 Å². The third kappa shape index (κ3) is 24.7. The van der Waals surface area contributed by atoms with Crippen LogP contribution in [-0.2, 0) is 67.6 Å². The van der Waals surface area contributed by atoms with Crippen LogP contribution in [0.3, 0.4) is 0 Å². The van der Waals surface area contributed by atoms with E-state index in [-0.39, 0.29) is 25.8 Å². The van der Waals surface area contributed by atoms with Crippen molar-refractivity contribution in [2.24, 2.45) is 23.3 Å². The van der Waals surface area contributed by atoms with Crippen molar-refractivity contribution in [2.45, 2.75) is 161 Å². The molecule has 1 fully saturated rings. The summed E-state index contributed by atoms with van der Waals surface area (Å²) in [4.78, 5) is 149. The second-order valence-corrected chi connectivity index (χ2v) is 20.4. The van der Waals surface area contributed by atoms with Crippen LogP contribution >= 0.6 is 0 Å². The number of ketones is 1. The summed E-state index contributed by atoms with van der Waals surface area (Å²) < 4.78 is 39.4. The molecule has 15 N–H and O–H groups in total. The van der Waals surface area contributed by atoms with Gasteiger partial charge in [0.2, 0.25) is 47.3 Å². The molecule has 1 saturated heterocycles. The highest BCUT2D eigenvalue weighted by Gasteiger charge is 2.38. The molecule has 29 heteroatoms. The second-order valence-electron chi connectivity index (χ2n) is 18.9. The monoisotopic (exact) mass is 1100 g/mol. The van der Waals surface area contributed by atoms with Gasteiger partial charge in [-0.05, 0) is 57.9 Å². The number of Topliss-reactive ketones (excluding diaryl/α,β-unsaturated/α-hetero) is 1. The molecular weight excluding hydrogens is 1020 g/mol. The third-order valence-electron chi connectivity index (χ3n) is 12.2. The Morgan fingerprint density at radius 3 is 1.92 bits per heavy atom. The summed E-state index contributed by atoms with van der Waals surface area (Å²) in [5.74, 6) is -13.8. The van der Waals surface area contributed by atoms with Crippen LogP contribution in [0, 0.1) is 11.8 Å². The number of esters is 1. The minimum Gasteiger partial charge on any atom is -0.459 e. The van der Waals surface area contributed by atoms with Crippen LogP contribution in [0.15, 0.2) is 11.8 Å². The Labute approximate surface area is 443 Å². The molecule has 9 amide bonds. The molecule has 1 heterocycles. The van der Waals surface area contributed by atoms with Gasteiger partial charge in [0.1, 0.15) is 72.2 Å². The molecule has 9 unspecified atom stereocenters. The molecule has 0 aromatic rings. The van der Waals surface area contributed by atoms with E-state index in [4.69, 9.17) is 16.2 Å². The van der Waals surface area contributed by atoms with Gasteiger partial charge in [0.15, 0.2) is 0 Å². The van der Waals surface area contributed by atoms with Crippen molar-refractivity contribution >= 4 is 75.0 Å². The standard InChI is InChI=1S/C47H81N11O17S/c1-8-27(5)16-12-10-11-13-17-29(61)20-36(62)50-35(25-76(72,73)74)44(68)57-39-28(6)75-37(63)22-58(7)47(71)31(18-14-15-19-48)52-42(66)33(23-59)54-45(69)38(26(3)4)56-40(64)30(9-2)51-41(65)32(21-49)53-43(67)34(24-60)55-46(39)70/h9,26-28,31-35,38-39,59-60H,8,10-25,48-49H2,1-7H3,(H,50,62)(H,51,65)(H,52,66)(H,53,67)(H,54,69)(H,55,70)(H,56,64)(H,57,68)(H,72,73,74). The van der Waals surface area contributed by atoms with E-state index in [2.05, 4.69) is 56.4 Å². The molecule has 0 bridgehead atoms. The van der Waals surface area contributed by atoms with Gasteiger partial charge in [-0.15, -0.1) is 0 Å². The summed E-state index contributed by atoms with van der Waals surface area (Å²) >= 11 is 0. The Hall–Kier alpha value is -6.14. The minimum atomic E-state index is -5.10. The lowest BCUT2D eigenvalue weighted by molar-refractivity contribution is -0.156. The first-order valence-electron chi connectivity index (χ1n) is 25.3. The number of allylic oxidation sites excluding steroid dienone is 1. The van der Waals surface area contributed by atoms with Crippen LogP contribution in [-0.4, -0.2) is 187 Å². The van der Waals surface area contributed by atoms with E-state index in [1.165, 1.54) is 20.8 Å². The maximum atomic E-state index is 14.1. The van der Waals surface area contributed by atoms with Crippen molar-refractivity contribution < 1.29 is 80.7 Å². The van der Waals surface area contributed by atoms with Gasteiger partial charge in [-0.3, -0.25) is 57.3 Å². The molecule has 0 aliphatic carbocycles. The molecule has 432 valence electrons. The average molecular weight is 1100 g/mol. The number of ether oxygens (including phenoxy) is 1. The Morgan fingerprint density at radius 1 is 0.803 bits per heavy atom. The highest BCUT2D eigenvalue weighted by atomic mass is 32.2. The van der Waals surface area contributed by atoms with Gasteiger partial charge in [-0.1, -0.05) is 65.9 Å². The molecule has 0 spiro atoms. The fraction of sp³-hybridized carbons (Fsp3) is 0.723. The summed E-state index contributed by atoms with van der Waals surface area (Å²) in [7, 11) is -3.96. The van der Waals surface area contributed by atoms with Gasteiger partial charge >= 0.3 is 5.97 Å². The number of carbonyl (C=O) groups excluding carboxylic acids is 11. The van der Waals surface area contributed by atoms with Gasteiger partial charge in [0.05, 0.1) is 19.6 Å². The SMILES string of the molecule is CC=C1NC(=O)C(CN)NC(=O)C(CO)NC(=O)C(NC(=O)C(CS(=O)(=O)O)NC(=O)CC(=O)CCCCCCC(C)CC)C(C)OC(=O)CN(C)C(=O)C(CCCCN)NC(=O)C(CO)NC(=O)C(C(C)C)NC1=O. The van der Waals surface area contributed by atoms with Gasteiger partial charge in [-0.2, -0.15) is 8.42 Å². The summed E-state index contributed by atoms with van der Waals surface area (Å²) in [5.41, 5.74) is 11.0. The normalized spacial score (nSPS) is 23.8. The van der Waals surface area contributed by atoms with Crippen molar-refractivity contribution in [3.05, 3.63) is 11.8 Å². The quantitative estimate of drug-likeness (QED) is 0.0152. The Balaban J connectivity index is 3.76. The van der Waals surface area contributed by atoms with Crippen LogP contribution < -0.4 is 54.0 Å². The van der Waals surface area contributed by atoms with E-state index in [0.29, 0.717) is 25.2 Å². The lowest BCUT2D eigenvalue weighted by atomic mass is 9.99. The Morgan fingerprint density at radius 2 is 1.38 bits per heavy atom. The number of likely N-dealkylation sites (N-methyl/N-ethyl adjacent to an activating group) is 1. The lowest BCUT2D eigenvalue weighted by Crippen LogP contribution is -2.63. The van der Waals surface area contributed by atoms with E-state index in [1.807, 2.05) is 0 Å². The highest BCUT2D eigenvalue weighted by Crippen LogP contribution is 2.15. The number of unbranched alkanes of at least 4 members (excludes halogenated alkanes) is 4. The van der Waals surface area contributed by atoms with Crippen LogP contribution in [0.5, 0.6) is 0 Å². The van der Waals surface area contributed by atoms with E-state index >= 15 is 0 Å².